The molecule has 1 aliphatic rings. The Morgan fingerprint density at radius 1 is 1.08 bits per heavy atom. The van der Waals surface area contributed by atoms with E-state index in [9.17, 15) is 9.59 Å². The lowest BCUT2D eigenvalue weighted by Gasteiger charge is -2.15. The highest BCUT2D eigenvalue weighted by molar-refractivity contribution is 9.10. The van der Waals surface area contributed by atoms with Crippen LogP contribution in [0.3, 0.4) is 0 Å². The van der Waals surface area contributed by atoms with Crippen molar-refractivity contribution in [3.8, 4) is 11.5 Å². The minimum Gasteiger partial charge on any atom is -0.493 e. The number of thioether (sulfide) groups is 1. The number of aromatic carboxylic acids is 1. The molecule has 0 spiro atoms. The van der Waals surface area contributed by atoms with Crippen LogP contribution < -0.4 is 9.47 Å². The van der Waals surface area contributed by atoms with E-state index in [2.05, 4.69) is 39.1 Å². The number of fused-ring (bicyclic) bond motifs is 1. The van der Waals surface area contributed by atoms with Crippen LogP contribution in [0.15, 0.2) is 93.2 Å². The van der Waals surface area contributed by atoms with Crippen molar-refractivity contribution in [2.24, 2.45) is 4.99 Å². The Bertz CT molecular complexity index is 1640. The van der Waals surface area contributed by atoms with Gasteiger partial charge in [-0.05, 0) is 92.1 Å². The highest BCUT2D eigenvalue weighted by Gasteiger charge is 2.30. The Morgan fingerprint density at radius 2 is 1.82 bits per heavy atom. The molecule has 0 aromatic heterocycles. The number of carboxylic acid groups (broad SMARTS) is 1. The van der Waals surface area contributed by atoms with Crippen LogP contribution in [-0.2, 0) is 11.4 Å². The van der Waals surface area contributed by atoms with Crippen molar-refractivity contribution in [2.45, 2.75) is 6.61 Å². The van der Waals surface area contributed by atoms with Crippen LogP contribution in [0.2, 0.25) is 0 Å². The standard InChI is InChI=1S/C30H23BrN2O5S/c1-33-28(34)26(39-30(33)32-22-12-10-20(11-13-22)29(35)36)16-18-14-24(31)27(25(15-18)37-2)38-17-21-8-5-7-19-6-3-4-9-23(19)21/h3-16H,17H2,1-2H3,(H,35,36)/b26-16-,32-30?. The first-order chi connectivity index (χ1) is 18.8. The van der Waals surface area contributed by atoms with E-state index in [0.29, 0.717) is 38.3 Å². The maximum atomic E-state index is 12.9. The van der Waals surface area contributed by atoms with Gasteiger partial charge in [0.2, 0.25) is 0 Å². The second-order valence-electron chi connectivity index (χ2n) is 8.68. The number of hydrogen-bond acceptors (Lipinski definition) is 6. The molecule has 39 heavy (non-hydrogen) atoms. The second kappa shape index (κ2) is 11.3. The summed E-state index contributed by atoms with van der Waals surface area (Å²) in [6.45, 7) is 0.364. The molecule has 0 atom stereocenters. The molecule has 4 aromatic carbocycles. The fraction of sp³-hybridized carbons (Fsp3) is 0.100. The zero-order valence-corrected chi connectivity index (χ0v) is 23.5. The van der Waals surface area contributed by atoms with Crippen molar-refractivity contribution >= 4 is 67.3 Å². The van der Waals surface area contributed by atoms with Crippen molar-refractivity contribution in [3.63, 3.8) is 0 Å². The largest absolute Gasteiger partial charge is 0.493 e. The molecule has 1 amide bonds. The van der Waals surface area contributed by atoms with Gasteiger partial charge in [-0.2, -0.15) is 0 Å². The molecule has 0 saturated carbocycles. The van der Waals surface area contributed by atoms with Gasteiger partial charge in [-0.15, -0.1) is 0 Å². The molecule has 1 fully saturated rings. The highest BCUT2D eigenvalue weighted by Crippen LogP contribution is 2.40. The summed E-state index contributed by atoms with van der Waals surface area (Å²) in [5.74, 6) is -0.0874. The summed E-state index contributed by atoms with van der Waals surface area (Å²) in [6.07, 6.45) is 1.78. The van der Waals surface area contributed by atoms with Crippen LogP contribution in [0.4, 0.5) is 5.69 Å². The van der Waals surface area contributed by atoms with Gasteiger partial charge in [0, 0.05) is 7.05 Å². The number of hydrogen-bond donors (Lipinski definition) is 1. The molecule has 1 heterocycles. The molecule has 1 N–H and O–H groups in total. The van der Waals surface area contributed by atoms with Crippen molar-refractivity contribution in [1.29, 1.82) is 0 Å². The van der Waals surface area contributed by atoms with Gasteiger partial charge in [0.15, 0.2) is 16.7 Å². The zero-order valence-electron chi connectivity index (χ0n) is 21.1. The monoisotopic (exact) mass is 602 g/mol. The number of carboxylic acids is 1. The minimum atomic E-state index is -1.01. The van der Waals surface area contributed by atoms with Crippen LogP contribution in [0.5, 0.6) is 11.5 Å². The van der Waals surface area contributed by atoms with Gasteiger partial charge < -0.3 is 14.6 Å². The van der Waals surface area contributed by atoms with E-state index >= 15 is 0 Å². The predicted octanol–water partition coefficient (Wildman–Crippen LogP) is 7.12. The Labute approximate surface area is 237 Å². The number of ether oxygens (including phenoxy) is 2. The molecule has 7 nitrogen and oxygen atoms in total. The second-order valence-corrected chi connectivity index (χ2v) is 10.5. The third kappa shape index (κ3) is 5.69. The van der Waals surface area contributed by atoms with E-state index in [1.807, 2.05) is 36.4 Å². The predicted molar refractivity (Wildman–Crippen MR) is 158 cm³/mol. The van der Waals surface area contributed by atoms with Gasteiger partial charge in [-0.1, -0.05) is 42.5 Å². The summed E-state index contributed by atoms with van der Waals surface area (Å²) >= 11 is 4.85. The fourth-order valence-corrected chi connectivity index (χ4v) is 5.68. The number of benzene rings is 4. The molecule has 1 saturated heterocycles. The number of aliphatic imine (C=N–C) groups is 1. The summed E-state index contributed by atoms with van der Waals surface area (Å²) in [5.41, 5.74) is 2.55. The van der Waals surface area contributed by atoms with Crippen LogP contribution in [-0.4, -0.2) is 41.2 Å². The minimum absolute atomic E-state index is 0.173. The first-order valence-electron chi connectivity index (χ1n) is 11.9. The fourth-order valence-electron chi connectivity index (χ4n) is 4.12. The quantitative estimate of drug-likeness (QED) is 0.226. The maximum absolute atomic E-state index is 12.9. The highest BCUT2D eigenvalue weighted by atomic mass is 79.9. The van der Waals surface area contributed by atoms with Gasteiger partial charge in [-0.3, -0.25) is 9.69 Å². The lowest BCUT2D eigenvalue weighted by atomic mass is 10.1. The van der Waals surface area contributed by atoms with Crippen molar-refractivity contribution in [2.75, 3.05) is 14.2 Å². The number of amides is 1. The number of likely N-dealkylation sites (N-methyl/N-ethyl adjacent to an activating group) is 1. The first kappa shape index (κ1) is 26.5. The molecular formula is C30H23BrN2O5S. The van der Waals surface area contributed by atoms with Gasteiger partial charge in [-0.25, -0.2) is 9.79 Å². The summed E-state index contributed by atoms with van der Waals surface area (Å²) in [6, 6.07) is 24.2. The van der Waals surface area contributed by atoms with E-state index < -0.39 is 5.97 Å². The topological polar surface area (TPSA) is 88.4 Å². The summed E-state index contributed by atoms with van der Waals surface area (Å²) < 4.78 is 12.5. The number of nitrogens with zero attached hydrogens (tertiary/aromatic N) is 2. The summed E-state index contributed by atoms with van der Waals surface area (Å²) in [4.78, 5) is 30.5. The van der Waals surface area contributed by atoms with Crippen LogP contribution >= 0.6 is 27.7 Å². The molecule has 0 aliphatic carbocycles. The van der Waals surface area contributed by atoms with E-state index in [1.165, 1.54) is 28.8 Å². The molecule has 1 aliphatic heterocycles. The Kier molecular flexibility index (Phi) is 7.72. The van der Waals surface area contributed by atoms with Crippen molar-refractivity contribution in [3.05, 3.63) is 105 Å². The Morgan fingerprint density at radius 3 is 2.56 bits per heavy atom. The van der Waals surface area contributed by atoms with Gasteiger partial charge in [0.05, 0.1) is 27.7 Å². The summed E-state index contributed by atoms with van der Waals surface area (Å²) in [7, 11) is 3.23. The normalized spacial score (nSPS) is 15.4. The van der Waals surface area contributed by atoms with Crippen molar-refractivity contribution in [1.82, 2.24) is 4.90 Å². The molecule has 9 heteroatoms. The average Bonchev–Trinajstić information content (AvgIpc) is 3.19. The molecule has 4 aromatic rings. The third-order valence-electron chi connectivity index (χ3n) is 6.14. The number of methoxy groups -OCH3 is 1. The molecular weight excluding hydrogens is 580 g/mol. The number of carbonyl (C=O) groups is 2. The first-order valence-corrected chi connectivity index (χ1v) is 13.5. The number of amidine groups is 1. The lowest BCUT2D eigenvalue weighted by Crippen LogP contribution is -2.23. The zero-order chi connectivity index (χ0) is 27.5. The molecule has 0 bridgehead atoms. The molecule has 0 radical (unpaired) electrons. The van der Waals surface area contributed by atoms with Crippen molar-refractivity contribution < 1.29 is 24.2 Å². The number of halogens is 1. The van der Waals surface area contributed by atoms with Crippen LogP contribution in [0.25, 0.3) is 16.8 Å². The van der Waals surface area contributed by atoms with E-state index in [4.69, 9.17) is 14.6 Å². The maximum Gasteiger partial charge on any atom is 0.335 e. The molecule has 196 valence electrons. The number of rotatable bonds is 7. The molecule has 5 rings (SSSR count). The lowest BCUT2D eigenvalue weighted by molar-refractivity contribution is -0.121. The Balaban J connectivity index is 1.37. The Hall–Kier alpha value is -4.08. The van der Waals surface area contributed by atoms with Crippen LogP contribution in [0.1, 0.15) is 21.5 Å². The van der Waals surface area contributed by atoms with E-state index in [0.717, 1.165) is 21.9 Å². The number of carbonyl (C=O) groups excluding carboxylic acids is 1. The van der Waals surface area contributed by atoms with Gasteiger partial charge >= 0.3 is 5.97 Å². The van der Waals surface area contributed by atoms with Crippen LogP contribution in [0, 0.1) is 0 Å². The molecule has 0 unspecified atom stereocenters. The van der Waals surface area contributed by atoms with E-state index in [1.54, 1.807) is 32.4 Å². The SMILES string of the molecule is COc1cc(/C=C2\SC(=Nc3ccc(C(=O)O)cc3)N(C)C2=O)cc(Br)c1OCc1cccc2ccccc12. The summed E-state index contributed by atoms with van der Waals surface area (Å²) in [5, 5.41) is 11.9. The van der Waals surface area contributed by atoms with E-state index in [-0.39, 0.29) is 11.5 Å². The average molecular weight is 603 g/mol. The smallest absolute Gasteiger partial charge is 0.335 e. The van der Waals surface area contributed by atoms with Gasteiger partial charge in [0.1, 0.15) is 6.61 Å². The van der Waals surface area contributed by atoms with Gasteiger partial charge in [0.25, 0.3) is 5.91 Å². The third-order valence-corrected chi connectivity index (χ3v) is 7.79.